The molecule has 0 heterocycles. The fraction of sp³-hybridized carbons (Fsp3) is 0.733. The van der Waals surface area contributed by atoms with E-state index < -0.39 is 39.2 Å². The lowest BCUT2D eigenvalue weighted by Crippen LogP contribution is -2.31. The summed E-state index contributed by atoms with van der Waals surface area (Å²) in [6, 6.07) is 8.03. The minimum absolute atomic E-state index is 0.0178. The summed E-state index contributed by atoms with van der Waals surface area (Å²) in [5, 5.41) is 0.811. The van der Waals surface area contributed by atoms with E-state index in [0.717, 1.165) is 38.5 Å². The van der Waals surface area contributed by atoms with Gasteiger partial charge in [0.2, 0.25) is 0 Å². The number of fused-ring (bicyclic) bond motifs is 1. The molecule has 12 heteroatoms. The minimum atomic E-state index is -4.87. The second kappa shape index (κ2) is 41.8. The first kappa shape index (κ1) is 64.7. The van der Waals surface area contributed by atoms with Crippen molar-refractivity contribution in [1.29, 1.82) is 0 Å². The van der Waals surface area contributed by atoms with Crippen molar-refractivity contribution < 1.29 is 51.0 Å². The first-order valence-electron chi connectivity index (χ1n) is 28.6. The topological polar surface area (TPSA) is 144 Å². The van der Waals surface area contributed by atoms with Crippen LogP contribution in [0, 0.1) is 0 Å². The standard InChI is InChI=1S/C60H100O11S/c1-7-9-11-13-15-17-19-21-23-25-27-29-31-33-35-39-43-66-46-52(70-59(61)50(3)4)48-68-56-45-57(72(63,64)65)58(55-42-38-37-41-54(55)56)69-49-53(71-60(62)51(5)6)47-67-44-40-36-34-32-30-28-26-24-22-20-18-16-14-12-10-8-2/h37-38,41-42,45,52-53H,3,5,7-36,39-40,43-44,46-49H2,1-2,4,6H3,(H,63,64,65). The average molecular weight is 1030 g/mol. The van der Waals surface area contributed by atoms with Crippen LogP contribution in [0.4, 0.5) is 0 Å². The molecule has 0 spiro atoms. The van der Waals surface area contributed by atoms with E-state index in [0.29, 0.717) is 24.0 Å². The summed E-state index contributed by atoms with van der Waals surface area (Å²) in [7, 11) is -4.87. The van der Waals surface area contributed by atoms with E-state index in [2.05, 4.69) is 27.0 Å². The number of unbranched alkanes of at least 4 members (excludes halogenated alkanes) is 30. The molecule has 2 atom stereocenters. The summed E-state index contributed by atoms with van der Waals surface area (Å²) in [6.07, 6.45) is 39.1. The van der Waals surface area contributed by atoms with Gasteiger partial charge in [0, 0.05) is 41.2 Å². The molecule has 1 N–H and O–H groups in total. The molecule has 0 saturated heterocycles. The highest BCUT2D eigenvalue weighted by Gasteiger charge is 2.26. The minimum Gasteiger partial charge on any atom is -0.489 e. The molecular formula is C60H100O11S. The van der Waals surface area contributed by atoms with Crippen LogP contribution in [0.15, 0.2) is 59.5 Å². The smallest absolute Gasteiger partial charge is 0.333 e. The van der Waals surface area contributed by atoms with Crippen molar-refractivity contribution in [2.75, 3.05) is 39.6 Å². The van der Waals surface area contributed by atoms with Gasteiger partial charge in [-0.15, -0.1) is 0 Å². The molecule has 0 bridgehead atoms. The zero-order valence-electron chi connectivity index (χ0n) is 45.8. The molecule has 2 aromatic carbocycles. The number of hydrogen-bond donors (Lipinski definition) is 1. The van der Waals surface area contributed by atoms with Gasteiger partial charge in [0.15, 0.2) is 12.2 Å². The van der Waals surface area contributed by atoms with Crippen LogP contribution in [0.2, 0.25) is 0 Å². The summed E-state index contributed by atoms with van der Waals surface area (Å²) in [6.45, 7) is 15.6. The third-order valence-corrected chi connectivity index (χ3v) is 14.0. The summed E-state index contributed by atoms with van der Waals surface area (Å²) < 4.78 is 72.0. The molecule has 2 unspecified atom stereocenters. The quantitative estimate of drug-likeness (QED) is 0.0293. The number of ether oxygens (including phenoxy) is 6. The lowest BCUT2D eigenvalue weighted by Gasteiger charge is -2.22. The van der Waals surface area contributed by atoms with E-state index in [1.54, 1.807) is 38.1 Å². The summed E-state index contributed by atoms with van der Waals surface area (Å²) in [5.74, 6) is -1.25. The van der Waals surface area contributed by atoms with Gasteiger partial charge in [-0.1, -0.05) is 244 Å². The van der Waals surface area contributed by atoms with Crippen LogP contribution in [0.3, 0.4) is 0 Å². The van der Waals surface area contributed by atoms with Gasteiger partial charge in [-0.05, 0) is 26.7 Å². The van der Waals surface area contributed by atoms with E-state index in [9.17, 15) is 22.6 Å². The predicted octanol–water partition coefficient (Wildman–Crippen LogP) is 16.4. The van der Waals surface area contributed by atoms with Gasteiger partial charge in [0.1, 0.15) is 29.6 Å². The van der Waals surface area contributed by atoms with Crippen molar-refractivity contribution in [2.24, 2.45) is 0 Å². The molecule has 0 aromatic heterocycles. The van der Waals surface area contributed by atoms with Crippen LogP contribution in [0.5, 0.6) is 11.5 Å². The number of benzene rings is 2. The second-order valence-corrected chi connectivity index (χ2v) is 21.6. The van der Waals surface area contributed by atoms with Gasteiger partial charge in [-0.2, -0.15) is 8.42 Å². The van der Waals surface area contributed by atoms with Gasteiger partial charge in [0.05, 0.1) is 13.2 Å². The maximum atomic E-state index is 13.0. The summed E-state index contributed by atoms with van der Waals surface area (Å²) in [4.78, 5) is 24.8. The third kappa shape index (κ3) is 31.3. The number of hydrogen-bond acceptors (Lipinski definition) is 10. The second-order valence-electron chi connectivity index (χ2n) is 20.2. The highest BCUT2D eigenvalue weighted by Crippen LogP contribution is 2.39. The Kier molecular flexibility index (Phi) is 37.6. The molecule has 2 aromatic rings. The molecule has 11 nitrogen and oxygen atoms in total. The van der Waals surface area contributed by atoms with Gasteiger partial charge in [-0.25, -0.2) is 9.59 Å². The Morgan fingerprint density at radius 1 is 0.486 bits per heavy atom. The zero-order valence-corrected chi connectivity index (χ0v) is 46.6. The van der Waals surface area contributed by atoms with Crippen LogP contribution < -0.4 is 9.47 Å². The molecule has 0 amide bonds. The number of esters is 2. The van der Waals surface area contributed by atoms with Crippen molar-refractivity contribution >= 4 is 32.8 Å². The zero-order chi connectivity index (χ0) is 52.5. The maximum absolute atomic E-state index is 13.0. The fourth-order valence-corrected chi connectivity index (χ4v) is 9.44. The Balaban J connectivity index is 1.89. The SMILES string of the molecule is C=C(C)C(=O)OC(COCCCCCCCCCCCCCCCCCC)COc1cc(S(=O)(=O)O)c(OCC(COCCCCCCCCCCCCCCCCCC)OC(=O)C(=C)C)c2ccccc12. The van der Waals surface area contributed by atoms with E-state index in [1.165, 1.54) is 173 Å². The lowest BCUT2D eigenvalue weighted by molar-refractivity contribution is -0.150. The molecule has 0 radical (unpaired) electrons. The Morgan fingerprint density at radius 2 is 0.806 bits per heavy atom. The Labute approximate surface area is 438 Å². The van der Waals surface area contributed by atoms with Gasteiger partial charge < -0.3 is 28.4 Å². The van der Waals surface area contributed by atoms with Crippen molar-refractivity contribution in [2.45, 2.75) is 250 Å². The van der Waals surface area contributed by atoms with E-state index in [4.69, 9.17) is 28.4 Å². The molecular weight excluding hydrogens is 929 g/mol. The van der Waals surface area contributed by atoms with Gasteiger partial charge >= 0.3 is 11.9 Å². The largest absolute Gasteiger partial charge is 0.489 e. The van der Waals surface area contributed by atoms with Gasteiger partial charge in [-0.3, -0.25) is 4.55 Å². The molecule has 0 saturated carbocycles. The number of carbonyl (C=O) groups is 2. The Hall–Kier alpha value is -3.45. The van der Waals surface area contributed by atoms with E-state index in [-0.39, 0.29) is 49.1 Å². The lowest BCUT2D eigenvalue weighted by atomic mass is 10.0. The summed E-state index contributed by atoms with van der Waals surface area (Å²) in [5.41, 5.74) is 0.414. The fourth-order valence-electron chi connectivity index (χ4n) is 8.78. The summed E-state index contributed by atoms with van der Waals surface area (Å²) >= 11 is 0. The first-order chi connectivity index (χ1) is 34.9. The number of rotatable bonds is 49. The molecule has 0 aliphatic carbocycles. The third-order valence-electron chi connectivity index (χ3n) is 13.2. The van der Waals surface area contributed by atoms with Gasteiger partial charge in [0.25, 0.3) is 10.1 Å². The van der Waals surface area contributed by atoms with Crippen LogP contribution >= 0.6 is 0 Å². The number of carbonyl (C=O) groups excluding carboxylic acids is 2. The highest BCUT2D eigenvalue weighted by atomic mass is 32.2. The van der Waals surface area contributed by atoms with Crippen molar-refractivity contribution in [3.63, 3.8) is 0 Å². The van der Waals surface area contributed by atoms with Crippen LogP contribution in [0.25, 0.3) is 10.8 Å². The first-order valence-corrected chi connectivity index (χ1v) is 30.0. The Morgan fingerprint density at radius 3 is 1.14 bits per heavy atom. The van der Waals surface area contributed by atoms with Crippen LogP contribution in [0.1, 0.15) is 233 Å². The Bertz CT molecular complexity index is 1860. The van der Waals surface area contributed by atoms with E-state index in [1.807, 2.05) is 0 Å². The molecule has 0 fully saturated rings. The molecule has 0 aliphatic heterocycles. The molecule has 412 valence electrons. The normalized spacial score (nSPS) is 12.5. The molecule has 2 rings (SSSR count). The molecule has 72 heavy (non-hydrogen) atoms. The average Bonchev–Trinajstić information content (AvgIpc) is 3.35. The monoisotopic (exact) mass is 1030 g/mol. The van der Waals surface area contributed by atoms with E-state index >= 15 is 0 Å². The van der Waals surface area contributed by atoms with Crippen LogP contribution in [-0.4, -0.2) is 76.8 Å². The molecule has 0 aliphatic rings. The van der Waals surface area contributed by atoms with Crippen molar-refractivity contribution in [3.8, 4) is 11.5 Å². The predicted molar refractivity (Wildman–Crippen MR) is 295 cm³/mol. The van der Waals surface area contributed by atoms with Crippen molar-refractivity contribution in [3.05, 3.63) is 54.6 Å². The highest BCUT2D eigenvalue weighted by molar-refractivity contribution is 7.86. The van der Waals surface area contributed by atoms with Crippen molar-refractivity contribution in [1.82, 2.24) is 0 Å². The van der Waals surface area contributed by atoms with Crippen LogP contribution in [-0.2, 0) is 38.7 Å². The maximum Gasteiger partial charge on any atom is 0.333 e.